The van der Waals surface area contributed by atoms with E-state index in [1.807, 2.05) is 13.0 Å². The van der Waals surface area contributed by atoms with E-state index in [4.69, 9.17) is 16.3 Å². The fraction of sp³-hybridized carbons (Fsp3) is 0.182. The molecular weight excluding hydrogens is 274 g/mol. The molecule has 1 N–H and O–H groups in total. The number of carbonyl (C=O) groups is 1. The van der Waals surface area contributed by atoms with E-state index in [0.29, 0.717) is 34.6 Å². The summed E-state index contributed by atoms with van der Waals surface area (Å²) in [5.74, 6) is 0.624. The lowest BCUT2D eigenvalue weighted by Crippen LogP contribution is -1.96. The highest BCUT2D eigenvalue weighted by Gasteiger charge is 2.12. The summed E-state index contributed by atoms with van der Waals surface area (Å²) in [5.41, 5.74) is 0.694. The Morgan fingerprint density at radius 1 is 1.50 bits per heavy atom. The van der Waals surface area contributed by atoms with E-state index in [-0.39, 0.29) is 0 Å². The molecule has 0 fully saturated rings. The van der Waals surface area contributed by atoms with E-state index in [0.717, 1.165) is 4.88 Å². The maximum atomic E-state index is 10.5. The number of thiophene rings is 1. The van der Waals surface area contributed by atoms with Gasteiger partial charge in [-0.2, -0.15) is 0 Å². The zero-order chi connectivity index (χ0) is 13.0. The average Bonchev–Trinajstić information content (AvgIpc) is 2.74. The summed E-state index contributed by atoms with van der Waals surface area (Å²) in [6.45, 7) is 2.40. The van der Waals surface area contributed by atoms with Crippen LogP contribution in [0.25, 0.3) is 10.6 Å². The van der Waals surface area contributed by atoms with Crippen LogP contribution >= 0.6 is 22.9 Å². The predicted octanol–water partition coefficient (Wildman–Crippen LogP) is 2.83. The number of nitrogens with zero attached hydrogens (tertiary/aromatic N) is 2. The van der Waals surface area contributed by atoms with Gasteiger partial charge in [-0.3, -0.25) is 4.79 Å². The fourth-order valence-corrected chi connectivity index (χ4v) is 2.46. The molecule has 0 aromatic carbocycles. The Morgan fingerprint density at radius 3 is 3.00 bits per heavy atom. The lowest BCUT2D eigenvalue weighted by Gasteiger charge is -2.01. The van der Waals surface area contributed by atoms with Crippen LogP contribution in [0.2, 0.25) is 5.15 Å². The highest BCUT2D eigenvalue weighted by Crippen LogP contribution is 2.39. The minimum atomic E-state index is 0.372. The molecule has 2 aromatic rings. The van der Waals surface area contributed by atoms with E-state index in [2.05, 4.69) is 15.3 Å². The number of carbonyl (C=O) groups excluding carboxylic acids is 1. The van der Waals surface area contributed by atoms with Gasteiger partial charge in [0.25, 0.3) is 0 Å². The number of ether oxygens (including phenoxy) is 1. The molecule has 5 nitrogen and oxygen atoms in total. The van der Waals surface area contributed by atoms with Gasteiger partial charge in [-0.1, -0.05) is 11.6 Å². The average molecular weight is 284 g/mol. The Hall–Kier alpha value is -1.66. The first-order valence-corrected chi connectivity index (χ1v) is 6.38. The van der Waals surface area contributed by atoms with Crippen LogP contribution < -0.4 is 10.1 Å². The number of hydrogen-bond donors (Lipinski definition) is 1. The Morgan fingerprint density at radius 2 is 2.33 bits per heavy atom. The lowest BCUT2D eigenvalue weighted by atomic mass is 10.3. The SMILES string of the molecule is CCOc1cc(-c2cc(Cl)ncn2)sc1NC=O. The molecule has 7 heteroatoms. The largest absolute Gasteiger partial charge is 0.491 e. The van der Waals surface area contributed by atoms with E-state index in [9.17, 15) is 4.79 Å². The van der Waals surface area contributed by atoms with Gasteiger partial charge >= 0.3 is 0 Å². The van der Waals surface area contributed by atoms with E-state index < -0.39 is 0 Å². The number of hydrogen-bond acceptors (Lipinski definition) is 5. The first-order valence-electron chi connectivity index (χ1n) is 5.19. The van der Waals surface area contributed by atoms with E-state index >= 15 is 0 Å². The van der Waals surface area contributed by atoms with Gasteiger partial charge < -0.3 is 10.1 Å². The number of rotatable bonds is 5. The minimum Gasteiger partial charge on any atom is -0.491 e. The molecule has 0 aliphatic carbocycles. The first kappa shape index (κ1) is 12.8. The Balaban J connectivity index is 2.39. The van der Waals surface area contributed by atoms with Gasteiger partial charge in [-0.15, -0.1) is 11.3 Å². The summed E-state index contributed by atoms with van der Waals surface area (Å²) in [6, 6.07) is 3.48. The maximum Gasteiger partial charge on any atom is 0.212 e. The normalized spacial score (nSPS) is 10.1. The third kappa shape index (κ3) is 2.77. The van der Waals surface area contributed by atoms with Crippen molar-refractivity contribution < 1.29 is 9.53 Å². The molecule has 2 aromatic heterocycles. The molecule has 0 aliphatic heterocycles. The molecule has 0 unspecified atom stereocenters. The molecule has 1 amide bonds. The second-order valence-electron chi connectivity index (χ2n) is 3.23. The van der Waals surface area contributed by atoms with E-state index in [1.54, 1.807) is 6.07 Å². The van der Waals surface area contributed by atoms with Crippen molar-refractivity contribution in [1.82, 2.24) is 9.97 Å². The monoisotopic (exact) mass is 283 g/mol. The van der Waals surface area contributed by atoms with Gasteiger partial charge in [-0.05, 0) is 6.92 Å². The van der Waals surface area contributed by atoms with Crippen LogP contribution in [0.4, 0.5) is 5.00 Å². The molecule has 18 heavy (non-hydrogen) atoms. The molecule has 0 aliphatic rings. The number of amides is 1. The second-order valence-corrected chi connectivity index (χ2v) is 4.66. The summed E-state index contributed by atoms with van der Waals surface area (Å²) in [5, 5.41) is 3.62. The topological polar surface area (TPSA) is 64.1 Å². The van der Waals surface area contributed by atoms with Crippen molar-refractivity contribution in [1.29, 1.82) is 0 Å². The van der Waals surface area contributed by atoms with Crippen LogP contribution in [0.1, 0.15) is 6.92 Å². The van der Waals surface area contributed by atoms with E-state index in [1.165, 1.54) is 17.7 Å². The third-order valence-corrected chi connectivity index (χ3v) is 3.35. The minimum absolute atomic E-state index is 0.372. The van der Waals surface area contributed by atoms with Gasteiger partial charge in [0, 0.05) is 12.1 Å². The van der Waals surface area contributed by atoms with Crippen LogP contribution in [0.3, 0.4) is 0 Å². The van der Waals surface area contributed by atoms with Crippen LogP contribution in [-0.4, -0.2) is 23.0 Å². The van der Waals surface area contributed by atoms with Crippen molar-refractivity contribution in [2.75, 3.05) is 11.9 Å². The molecule has 0 saturated heterocycles. The zero-order valence-corrected chi connectivity index (χ0v) is 11.1. The number of nitrogens with one attached hydrogen (secondary N) is 1. The summed E-state index contributed by atoms with van der Waals surface area (Å²) in [6.07, 6.45) is 2.01. The number of aromatic nitrogens is 2. The Kier molecular flexibility index (Phi) is 4.11. The van der Waals surface area contributed by atoms with Crippen molar-refractivity contribution in [2.24, 2.45) is 0 Å². The molecule has 0 radical (unpaired) electrons. The van der Waals surface area contributed by atoms with Crippen LogP contribution in [-0.2, 0) is 4.79 Å². The molecule has 94 valence electrons. The van der Waals surface area contributed by atoms with Crippen molar-refractivity contribution in [3.05, 3.63) is 23.6 Å². The predicted molar refractivity (Wildman–Crippen MR) is 71.2 cm³/mol. The number of halogens is 1. The van der Waals surface area contributed by atoms with Crippen LogP contribution in [0.15, 0.2) is 18.5 Å². The van der Waals surface area contributed by atoms with Crippen molar-refractivity contribution in [2.45, 2.75) is 6.92 Å². The quantitative estimate of drug-likeness (QED) is 0.677. The highest BCUT2D eigenvalue weighted by molar-refractivity contribution is 7.20. The third-order valence-electron chi connectivity index (χ3n) is 2.07. The summed E-state index contributed by atoms with van der Waals surface area (Å²) in [4.78, 5) is 19.3. The summed E-state index contributed by atoms with van der Waals surface area (Å²) < 4.78 is 5.43. The zero-order valence-electron chi connectivity index (χ0n) is 9.51. The molecule has 0 spiro atoms. The van der Waals surface area contributed by atoms with Gasteiger partial charge in [0.2, 0.25) is 6.41 Å². The Bertz CT molecular complexity index is 559. The molecule has 0 bridgehead atoms. The first-order chi connectivity index (χ1) is 8.74. The van der Waals surface area contributed by atoms with Gasteiger partial charge in [0.15, 0.2) is 5.75 Å². The van der Waals surface area contributed by atoms with Gasteiger partial charge in [0.1, 0.15) is 16.5 Å². The van der Waals surface area contributed by atoms with Crippen molar-refractivity contribution in [3.8, 4) is 16.3 Å². The standard InChI is InChI=1S/C11H10ClN3O2S/c1-2-17-8-4-9(18-11(8)15-6-16)7-3-10(12)14-5-13-7/h3-6H,2H2,1H3,(H,15,16). The molecular formula is C11H10ClN3O2S. The number of anilines is 1. The summed E-state index contributed by atoms with van der Waals surface area (Å²) in [7, 11) is 0. The molecule has 2 rings (SSSR count). The molecule has 2 heterocycles. The second kappa shape index (κ2) is 5.79. The molecule has 0 atom stereocenters. The van der Waals surface area contributed by atoms with Gasteiger partial charge in [0.05, 0.1) is 17.2 Å². The highest BCUT2D eigenvalue weighted by atomic mass is 35.5. The molecule has 0 saturated carbocycles. The fourth-order valence-electron chi connectivity index (χ4n) is 1.39. The Labute approximate surface area is 113 Å². The van der Waals surface area contributed by atoms with Crippen molar-refractivity contribution in [3.63, 3.8) is 0 Å². The smallest absolute Gasteiger partial charge is 0.212 e. The van der Waals surface area contributed by atoms with Crippen LogP contribution in [0, 0.1) is 0 Å². The van der Waals surface area contributed by atoms with Crippen LogP contribution in [0.5, 0.6) is 5.75 Å². The van der Waals surface area contributed by atoms with Crippen molar-refractivity contribution >= 4 is 34.3 Å². The lowest BCUT2D eigenvalue weighted by molar-refractivity contribution is -0.105. The summed E-state index contributed by atoms with van der Waals surface area (Å²) >= 11 is 7.18. The maximum absolute atomic E-state index is 10.5. The van der Waals surface area contributed by atoms with Gasteiger partial charge in [-0.25, -0.2) is 9.97 Å².